The van der Waals surface area contributed by atoms with Crippen molar-refractivity contribution >= 4 is 22.9 Å². The second kappa shape index (κ2) is 9.36. The summed E-state index contributed by atoms with van der Waals surface area (Å²) in [4.78, 5) is 22.7. The third-order valence-corrected chi connectivity index (χ3v) is 6.43. The monoisotopic (exact) mass is 424 g/mol. The summed E-state index contributed by atoms with van der Waals surface area (Å²) in [5.41, 5.74) is 1.61. The smallest absolute Gasteiger partial charge is 0.253 e. The first-order valence-corrected chi connectivity index (χ1v) is 11.0. The van der Waals surface area contributed by atoms with Crippen molar-refractivity contribution in [1.82, 2.24) is 15.2 Å². The van der Waals surface area contributed by atoms with Crippen LogP contribution in [-0.2, 0) is 0 Å². The topological polar surface area (TPSA) is 48.5 Å². The highest BCUT2D eigenvalue weighted by molar-refractivity contribution is 7.10. The second-order valence-corrected chi connectivity index (χ2v) is 8.44. The number of nitrogens with one attached hydrogen (secondary N) is 1. The molecule has 0 aliphatic carbocycles. The van der Waals surface area contributed by atoms with Gasteiger partial charge in [-0.15, -0.1) is 11.3 Å². The van der Waals surface area contributed by atoms with Crippen LogP contribution >= 0.6 is 11.3 Å². The minimum Gasteiger partial charge on any atom is -0.369 e. The number of pyridine rings is 1. The highest BCUT2D eigenvalue weighted by Gasteiger charge is 2.31. The molecule has 2 atom stereocenters. The number of rotatable bonds is 6. The Kier molecular flexibility index (Phi) is 6.40. The first-order chi connectivity index (χ1) is 14.6. The number of thiophene rings is 1. The molecule has 7 heteroatoms. The van der Waals surface area contributed by atoms with Crippen molar-refractivity contribution in [3.05, 3.63) is 82.6 Å². The number of carbonyl (C=O) groups excluding carboxylic acids is 1. The van der Waals surface area contributed by atoms with Crippen LogP contribution in [0.4, 0.5) is 10.1 Å². The molecule has 1 aliphatic heterocycles. The van der Waals surface area contributed by atoms with Gasteiger partial charge in [0.05, 0.1) is 11.6 Å². The Morgan fingerprint density at radius 3 is 2.50 bits per heavy atom. The van der Waals surface area contributed by atoms with Crippen molar-refractivity contribution in [3.8, 4) is 0 Å². The molecule has 1 aromatic carbocycles. The van der Waals surface area contributed by atoms with Crippen molar-refractivity contribution in [2.24, 2.45) is 0 Å². The van der Waals surface area contributed by atoms with E-state index in [0.717, 1.165) is 31.9 Å². The molecule has 1 N–H and O–H groups in total. The van der Waals surface area contributed by atoms with Gasteiger partial charge in [-0.2, -0.15) is 0 Å². The molecule has 1 aliphatic rings. The predicted molar refractivity (Wildman–Crippen MR) is 118 cm³/mol. The lowest BCUT2D eigenvalue weighted by Gasteiger charge is -2.42. The summed E-state index contributed by atoms with van der Waals surface area (Å²) in [6.45, 7) is 5.51. The molecule has 1 fully saturated rings. The maximum Gasteiger partial charge on any atom is 0.253 e. The van der Waals surface area contributed by atoms with Gasteiger partial charge in [-0.25, -0.2) is 4.39 Å². The molecule has 1 saturated heterocycles. The third kappa shape index (κ3) is 4.68. The normalized spacial score (nSPS) is 16.8. The van der Waals surface area contributed by atoms with Crippen molar-refractivity contribution in [3.63, 3.8) is 0 Å². The average Bonchev–Trinajstić information content (AvgIpc) is 3.30. The second-order valence-electron chi connectivity index (χ2n) is 7.46. The molecule has 0 radical (unpaired) electrons. The Morgan fingerprint density at radius 2 is 1.87 bits per heavy atom. The fourth-order valence-corrected chi connectivity index (χ4v) is 4.94. The lowest BCUT2D eigenvalue weighted by atomic mass is 10.0. The van der Waals surface area contributed by atoms with Crippen molar-refractivity contribution in [2.45, 2.75) is 19.0 Å². The Balaban J connectivity index is 1.45. The fourth-order valence-electron chi connectivity index (χ4n) is 3.98. The Bertz CT molecular complexity index is 941. The molecule has 0 saturated carbocycles. The van der Waals surface area contributed by atoms with Gasteiger partial charge in [0.1, 0.15) is 5.82 Å². The standard InChI is InChI=1S/C23H25FN4OS/c1-17(26-23(29)18-4-2-10-25-16-18)22(21-5-3-15-30-21)28-13-11-27(12-14-28)20-8-6-19(24)7-9-20/h2-10,15-17,22H,11-14H2,1H3,(H,26,29)/t17-,22+/m0/s1. The van der Waals surface area contributed by atoms with E-state index in [9.17, 15) is 9.18 Å². The Morgan fingerprint density at radius 1 is 1.10 bits per heavy atom. The van der Waals surface area contributed by atoms with Gasteiger partial charge in [-0.05, 0) is 54.8 Å². The van der Waals surface area contributed by atoms with E-state index in [2.05, 4.69) is 44.5 Å². The van der Waals surface area contributed by atoms with E-state index in [1.54, 1.807) is 35.9 Å². The first-order valence-electron chi connectivity index (χ1n) is 10.1. The number of anilines is 1. The number of hydrogen-bond acceptors (Lipinski definition) is 5. The molecule has 0 bridgehead atoms. The number of amides is 1. The quantitative estimate of drug-likeness (QED) is 0.651. The number of aromatic nitrogens is 1. The number of halogens is 1. The van der Waals surface area contributed by atoms with Gasteiger partial charge in [0.25, 0.3) is 5.91 Å². The Labute approximate surface area is 180 Å². The summed E-state index contributed by atoms with van der Waals surface area (Å²) in [5, 5.41) is 5.24. The van der Waals surface area contributed by atoms with Crippen LogP contribution in [0.1, 0.15) is 28.2 Å². The fraction of sp³-hybridized carbons (Fsp3) is 0.304. The molecule has 5 nitrogen and oxygen atoms in total. The predicted octanol–water partition coefficient (Wildman–Crippen LogP) is 3.96. The summed E-state index contributed by atoms with van der Waals surface area (Å²) < 4.78 is 13.2. The molecule has 0 spiro atoms. The lowest BCUT2D eigenvalue weighted by molar-refractivity contribution is 0.0890. The summed E-state index contributed by atoms with van der Waals surface area (Å²) in [6, 6.07) is 14.4. The van der Waals surface area contributed by atoms with E-state index < -0.39 is 0 Å². The number of hydrogen-bond donors (Lipinski definition) is 1. The third-order valence-electron chi connectivity index (χ3n) is 5.49. The number of piperazine rings is 1. The van der Waals surface area contributed by atoms with Crippen molar-refractivity contribution in [1.29, 1.82) is 0 Å². The van der Waals surface area contributed by atoms with E-state index >= 15 is 0 Å². The first kappa shape index (κ1) is 20.5. The summed E-state index contributed by atoms with van der Waals surface area (Å²) in [7, 11) is 0. The zero-order valence-corrected chi connectivity index (χ0v) is 17.7. The van der Waals surface area contributed by atoms with E-state index in [1.807, 2.05) is 12.1 Å². The van der Waals surface area contributed by atoms with Crippen molar-refractivity contribution in [2.75, 3.05) is 31.1 Å². The van der Waals surface area contributed by atoms with Crippen LogP contribution in [0.2, 0.25) is 0 Å². The molecular formula is C23H25FN4OS. The van der Waals surface area contributed by atoms with Crippen LogP contribution in [0.5, 0.6) is 0 Å². The zero-order chi connectivity index (χ0) is 20.9. The van der Waals surface area contributed by atoms with Crippen LogP contribution in [-0.4, -0.2) is 48.0 Å². The van der Waals surface area contributed by atoms with Crippen LogP contribution in [0.3, 0.4) is 0 Å². The number of carbonyl (C=O) groups is 1. The van der Waals surface area contributed by atoms with Gasteiger partial charge in [-0.1, -0.05) is 6.07 Å². The molecule has 30 heavy (non-hydrogen) atoms. The van der Waals surface area contributed by atoms with Gasteiger partial charge in [-0.3, -0.25) is 14.7 Å². The molecule has 3 heterocycles. The largest absolute Gasteiger partial charge is 0.369 e. The lowest BCUT2D eigenvalue weighted by Crippen LogP contribution is -2.52. The summed E-state index contributed by atoms with van der Waals surface area (Å²) in [6.07, 6.45) is 3.25. The van der Waals surface area contributed by atoms with Crippen LogP contribution in [0, 0.1) is 5.82 Å². The molecule has 1 amide bonds. The molecular weight excluding hydrogens is 399 g/mol. The maximum absolute atomic E-state index is 13.2. The molecule has 2 aromatic heterocycles. The Hall–Kier alpha value is -2.77. The van der Waals surface area contributed by atoms with Crippen LogP contribution in [0.15, 0.2) is 66.3 Å². The van der Waals surface area contributed by atoms with E-state index in [4.69, 9.17) is 0 Å². The summed E-state index contributed by atoms with van der Waals surface area (Å²) in [5.74, 6) is -0.324. The SMILES string of the molecule is C[C@H](NC(=O)c1cccnc1)[C@H](c1cccs1)N1CCN(c2ccc(F)cc2)CC1. The van der Waals surface area contributed by atoms with Crippen LogP contribution in [0.25, 0.3) is 0 Å². The molecule has 3 aromatic rings. The summed E-state index contributed by atoms with van der Waals surface area (Å²) >= 11 is 1.71. The van der Waals surface area contributed by atoms with Gasteiger partial charge >= 0.3 is 0 Å². The number of benzene rings is 1. The van der Waals surface area contributed by atoms with Gasteiger partial charge in [0, 0.05) is 55.2 Å². The maximum atomic E-state index is 13.2. The van der Waals surface area contributed by atoms with Gasteiger partial charge in [0.15, 0.2) is 0 Å². The minimum atomic E-state index is -0.215. The minimum absolute atomic E-state index is 0.0614. The van der Waals surface area contributed by atoms with E-state index in [1.165, 1.54) is 17.0 Å². The highest BCUT2D eigenvalue weighted by atomic mass is 32.1. The van der Waals surface area contributed by atoms with E-state index in [-0.39, 0.29) is 23.8 Å². The molecule has 4 rings (SSSR count). The van der Waals surface area contributed by atoms with Gasteiger partial charge in [0.2, 0.25) is 0 Å². The number of nitrogens with zero attached hydrogens (tertiary/aromatic N) is 3. The van der Waals surface area contributed by atoms with E-state index in [0.29, 0.717) is 5.56 Å². The van der Waals surface area contributed by atoms with Gasteiger partial charge < -0.3 is 10.2 Å². The zero-order valence-electron chi connectivity index (χ0n) is 16.9. The highest BCUT2D eigenvalue weighted by Crippen LogP contribution is 2.30. The van der Waals surface area contributed by atoms with Crippen LogP contribution < -0.4 is 10.2 Å². The average molecular weight is 425 g/mol. The van der Waals surface area contributed by atoms with Crippen molar-refractivity contribution < 1.29 is 9.18 Å². The molecule has 156 valence electrons. The molecule has 0 unspecified atom stereocenters.